The Labute approximate surface area is 142 Å². The Hall–Kier alpha value is -1.43. The van der Waals surface area contributed by atoms with E-state index in [1.807, 2.05) is 0 Å². The number of aromatic nitrogens is 2. The first-order valence-electron chi connectivity index (χ1n) is 7.32. The quantitative estimate of drug-likeness (QED) is 0.226. The molecule has 6 N–H and O–H groups in total. The molecule has 0 amide bonds. The molecule has 138 valence electrons. The smallest absolute Gasteiger partial charge is 0.256 e. The van der Waals surface area contributed by atoms with Gasteiger partial charge in [-0.05, 0) is 6.42 Å². The van der Waals surface area contributed by atoms with Gasteiger partial charge in [0.2, 0.25) is 20.6 Å². The summed E-state index contributed by atoms with van der Waals surface area (Å²) < 4.78 is 15.5. The molecule has 2 heterocycles. The lowest BCUT2D eigenvalue weighted by atomic mass is 10.0. The Morgan fingerprint density at radius 2 is 2.32 bits per heavy atom. The van der Waals surface area contributed by atoms with E-state index in [0.29, 0.717) is 23.3 Å². The molecule has 1 aromatic heterocycles. The second kappa shape index (κ2) is 7.44. The lowest BCUT2D eigenvalue weighted by Crippen LogP contribution is -2.35. The molecule has 1 aliphatic heterocycles. The van der Waals surface area contributed by atoms with Crippen LogP contribution in [-0.4, -0.2) is 63.1 Å². The van der Waals surface area contributed by atoms with Gasteiger partial charge in [0.25, 0.3) is 5.56 Å². The summed E-state index contributed by atoms with van der Waals surface area (Å²) in [7, 11) is -0.810. The molecule has 25 heavy (non-hydrogen) atoms. The molecule has 0 saturated carbocycles. The summed E-state index contributed by atoms with van der Waals surface area (Å²) in [5.41, 5.74) is 6.62. The van der Waals surface area contributed by atoms with Gasteiger partial charge in [-0.25, -0.2) is 4.98 Å². The van der Waals surface area contributed by atoms with Crippen molar-refractivity contribution in [1.29, 1.82) is 0 Å². The highest BCUT2D eigenvalue weighted by Gasteiger charge is 2.49. The van der Waals surface area contributed by atoms with E-state index in [-0.39, 0.29) is 11.5 Å². The molecule has 1 aliphatic carbocycles. The number of aliphatic hydroxyl groups excluding tert-OH is 2. The van der Waals surface area contributed by atoms with E-state index in [9.17, 15) is 14.8 Å². The largest absolute Gasteiger partial charge is 0.387 e. The van der Waals surface area contributed by atoms with Crippen molar-refractivity contribution >= 4 is 19.9 Å². The van der Waals surface area contributed by atoms with Gasteiger partial charge in [0.1, 0.15) is 24.7 Å². The van der Waals surface area contributed by atoms with Gasteiger partial charge in [0.05, 0.1) is 5.69 Å². The summed E-state index contributed by atoms with van der Waals surface area (Å²) in [6.45, 7) is 0. The number of H-pyrrole nitrogens is 1. The minimum absolute atomic E-state index is 0.0333. The zero-order valence-corrected chi connectivity index (χ0v) is 14.1. The van der Waals surface area contributed by atoms with Crippen LogP contribution in [0.25, 0.3) is 5.57 Å². The summed E-state index contributed by atoms with van der Waals surface area (Å²) in [4.78, 5) is 32.6. The van der Waals surface area contributed by atoms with Gasteiger partial charge in [0, 0.05) is 18.2 Å². The van der Waals surface area contributed by atoms with Gasteiger partial charge in [-0.2, -0.15) is 9.56 Å². The van der Waals surface area contributed by atoms with Gasteiger partial charge < -0.3 is 30.3 Å². The average molecular weight is 375 g/mol. The van der Waals surface area contributed by atoms with E-state index >= 15 is 0 Å². The Bertz CT molecular complexity index is 726. The predicted octanol–water partition coefficient (Wildman–Crippen LogP) is -1.41. The number of anilines is 1. The van der Waals surface area contributed by atoms with E-state index in [2.05, 4.69) is 14.6 Å². The summed E-state index contributed by atoms with van der Waals surface area (Å²) >= 11 is 0. The fourth-order valence-corrected chi connectivity index (χ4v) is 3.08. The third-order valence-corrected chi connectivity index (χ3v) is 4.45. The Kier molecular flexibility index (Phi) is 5.46. The van der Waals surface area contributed by atoms with Crippen LogP contribution < -0.4 is 11.3 Å². The number of nitrogens with zero attached hydrogens (tertiary/aromatic N) is 1. The third-order valence-electron chi connectivity index (χ3n) is 3.95. The SMILES string of the molecule is COC1[C@@H](O)[C@@H](OOP(O)CO)O[C@H]1C1=CCc2c1nc(N)[nH]c2=O. The first-order valence-corrected chi connectivity index (χ1v) is 8.72. The number of fused-ring (bicyclic) bond motifs is 1. The number of nitrogen functional groups attached to an aromatic ring is 1. The molecular formula is C13H18N3O8P. The van der Waals surface area contributed by atoms with Gasteiger partial charge in [0.15, 0.2) is 0 Å². The van der Waals surface area contributed by atoms with Crippen molar-refractivity contribution in [3.05, 3.63) is 27.7 Å². The second-order valence-electron chi connectivity index (χ2n) is 5.42. The van der Waals surface area contributed by atoms with E-state index in [1.165, 1.54) is 7.11 Å². The van der Waals surface area contributed by atoms with Crippen LogP contribution in [0.4, 0.5) is 5.95 Å². The zero-order chi connectivity index (χ0) is 18.1. The summed E-state index contributed by atoms with van der Waals surface area (Å²) in [5.74, 6) is -0.0333. The van der Waals surface area contributed by atoms with Crippen molar-refractivity contribution in [1.82, 2.24) is 9.97 Å². The topological polar surface area (TPSA) is 169 Å². The van der Waals surface area contributed by atoms with Crippen LogP contribution in [-0.2, 0) is 25.5 Å². The maximum absolute atomic E-state index is 12.0. The second-order valence-corrected chi connectivity index (χ2v) is 6.56. The predicted molar refractivity (Wildman–Crippen MR) is 84.8 cm³/mol. The molecule has 0 aromatic carbocycles. The van der Waals surface area contributed by atoms with E-state index in [0.717, 1.165) is 0 Å². The Morgan fingerprint density at radius 1 is 1.56 bits per heavy atom. The van der Waals surface area contributed by atoms with Crippen molar-refractivity contribution in [3.63, 3.8) is 0 Å². The Morgan fingerprint density at radius 3 is 3.00 bits per heavy atom. The maximum Gasteiger partial charge on any atom is 0.256 e. The molecule has 2 aliphatic rings. The van der Waals surface area contributed by atoms with E-state index < -0.39 is 39.3 Å². The minimum atomic E-state index is -2.20. The molecule has 5 atom stereocenters. The highest BCUT2D eigenvalue weighted by atomic mass is 31.2. The fraction of sp³-hybridized carbons (Fsp3) is 0.538. The lowest BCUT2D eigenvalue weighted by Gasteiger charge is -2.19. The number of hydrogen-bond acceptors (Lipinski definition) is 10. The van der Waals surface area contributed by atoms with Crippen molar-refractivity contribution in [2.45, 2.75) is 31.0 Å². The normalized spacial score (nSPS) is 29.5. The molecule has 0 radical (unpaired) electrons. The highest BCUT2D eigenvalue weighted by Crippen LogP contribution is 2.38. The van der Waals surface area contributed by atoms with Gasteiger partial charge in [-0.1, -0.05) is 6.08 Å². The summed E-state index contributed by atoms with van der Waals surface area (Å²) in [6, 6.07) is 0. The number of ether oxygens (including phenoxy) is 2. The molecule has 12 heteroatoms. The molecule has 1 aromatic rings. The number of nitrogens with two attached hydrogens (primary N) is 1. The number of nitrogens with one attached hydrogen (secondary N) is 1. The minimum Gasteiger partial charge on any atom is -0.387 e. The summed E-state index contributed by atoms with van der Waals surface area (Å²) in [6.07, 6.45) is -2.65. The molecule has 0 bridgehead atoms. The van der Waals surface area contributed by atoms with E-state index in [1.54, 1.807) is 6.08 Å². The molecule has 11 nitrogen and oxygen atoms in total. The van der Waals surface area contributed by atoms with Crippen molar-refractivity contribution < 1.29 is 34.1 Å². The molecule has 2 unspecified atom stereocenters. The van der Waals surface area contributed by atoms with Crippen LogP contribution in [0, 0.1) is 0 Å². The van der Waals surface area contributed by atoms with E-state index in [4.69, 9.17) is 25.2 Å². The monoisotopic (exact) mass is 375 g/mol. The average Bonchev–Trinajstić information content (AvgIpc) is 3.13. The maximum atomic E-state index is 12.0. The first kappa shape index (κ1) is 18.4. The van der Waals surface area contributed by atoms with Crippen LogP contribution in [0.5, 0.6) is 0 Å². The number of methoxy groups -OCH3 is 1. The first-order chi connectivity index (χ1) is 12.0. The number of allylic oxidation sites excluding steroid dienone is 1. The van der Waals surface area contributed by atoms with Crippen LogP contribution in [0.2, 0.25) is 0 Å². The summed E-state index contributed by atoms with van der Waals surface area (Å²) in [5, 5.41) is 19.0. The number of aliphatic hydroxyl groups is 2. The van der Waals surface area contributed by atoms with Gasteiger partial charge in [-0.15, -0.1) is 0 Å². The lowest BCUT2D eigenvalue weighted by molar-refractivity contribution is -0.327. The van der Waals surface area contributed by atoms with Crippen molar-refractivity contribution in [3.8, 4) is 0 Å². The van der Waals surface area contributed by atoms with Gasteiger partial charge >= 0.3 is 0 Å². The Balaban J connectivity index is 1.83. The van der Waals surface area contributed by atoms with Crippen molar-refractivity contribution in [2.75, 3.05) is 19.2 Å². The third kappa shape index (κ3) is 3.46. The number of hydrogen-bond donors (Lipinski definition) is 5. The molecule has 0 spiro atoms. The fourth-order valence-electron chi connectivity index (χ4n) is 2.85. The standard InChI is InChI=1S/C13H18N3O8P/c1-21-10-8(18)12(23-24-25(20)4-17)22-9(10)5-2-3-6-7(5)15-13(14)16-11(6)19/h2,8-10,12,17-18,20H,3-4H2,1H3,(H3,14,15,16,19)/t8-,9+,10?,12-,25?/m1/s1. The molecule has 3 rings (SSSR count). The highest BCUT2D eigenvalue weighted by molar-refractivity contribution is 7.45. The number of aromatic amines is 1. The molecule has 1 fully saturated rings. The van der Waals surface area contributed by atoms with Crippen molar-refractivity contribution in [2.24, 2.45) is 0 Å². The van der Waals surface area contributed by atoms with Crippen LogP contribution >= 0.6 is 8.38 Å². The van der Waals surface area contributed by atoms with Crippen LogP contribution in [0.3, 0.4) is 0 Å². The zero-order valence-electron chi connectivity index (χ0n) is 13.2. The number of rotatable bonds is 6. The van der Waals surface area contributed by atoms with Crippen LogP contribution in [0.1, 0.15) is 11.3 Å². The van der Waals surface area contributed by atoms with Crippen LogP contribution in [0.15, 0.2) is 10.9 Å². The molecular weight excluding hydrogens is 357 g/mol. The van der Waals surface area contributed by atoms with Gasteiger partial charge in [-0.3, -0.25) is 9.78 Å². The molecule has 1 saturated heterocycles.